The van der Waals surface area contributed by atoms with E-state index in [-0.39, 0.29) is 35.9 Å². The Morgan fingerprint density at radius 1 is 0.879 bits per heavy atom. The molecule has 1 heterocycles. The van der Waals surface area contributed by atoms with E-state index < -0.39 is 0 Å². The summed E-state index contributed by atoms with van der Waals surface area (Å²) in [4.78, 5) is 26.1. The van der Waals surface area contributed by atoms with E-state index in [4.69, 9.17) is 4.74 Å². The van der Waals surface area contributed by atoms with Gasteiger partial charge in [0.1, 0.15) is 18.1 Å². The number of amides is 1. The molecule has 33 heavy (non-hydrogen) atoms. The van der Waals surface area contributed by atoms with E-state index in [1.165, 1.54) is 5.56 Å². The lowest BCUT2D eigenvalue weighted by atomic mass is 9.70. The standard InChI is InChI=1S/C29H27NO3/c1-19-11-13-21(14-12-19)22-15-25-29(26(31)16-22)24(17-28(32)30-25)23-9-5-6-10-27(23)33-18-20-7-3-2-4-8-20/h2-15,22,24,29H,16-18H2,1H3,(H,30,32)/t22-,24+,29+/m0/s1. The predicted octanol–water partition coefficient (Wildman–Crippen LogP) is 5.43. The smallest absolute Gasteiger partial charge is 0.224 e. The van der Waals surface area contributed by atoms with Gasteiger partial charge in [0.05, 0.1) is 5.92 Å². The van der Waals surface area contributed by atoms with Gasteiger partial charge >= 0.3 is 0 Å². The molecule has 0 radical (unpaired) electrons. The number of para-hydroxylation sites is 1. The largest absolute Gasteiger partial charge is 0.489 e. The fourth-order valence-corrected chi connectivity index (χ4v) is 4.96. The Morgan fingerprint density at radius 3 is 2.39 bits per heavy atom. The maximum atomic E-state index is 13.4. The summed E-state index contributed by atoms with van der Waals surface area (Å²) in [5.41, 5.74) is 5.01. The second kappa shape index (κ2) is 9.07. The third kappa shape index (κ3) is 4.47. The molecule has 0 bridgehead atoms. The van der Waals surface area contributed by atoms with Crippen molar-refractivity contribution >= 4 is 11.7 Å². The number of rotatable bonds is 5. The number of ketones is 1. The molecule has 4 nitrogen and oxygen atoms in total. The first kappa shape index (κ1) is 21.2. The minimum atomic E-state index is -0.356. The van der Waals surface area contributed by atoms with Gasteiger partial charge in [-0.2, -0.15) is 0 Å². The number of carbonyl (C=O) groups is 2. The molecule has 1 saturated heterocycles. The normalized spacial score (nSPS) is 22.2. The van der Waals surface area contributed by atoms with Gasteiger partial charge in [-0.1, -0.05) is 84.4 Å². The van der Waals surface area contributed by atoms with Crippen molar-refractivity contribution in [3.8, 4) is 5.75 Å². The SMILES string of the molecule is Cc1ccc([C@H]2C=C3NC(=O)C[C@H](c4ccccc4OCc4ccccc4)[C@H]3C(=O)C2)cc1. The number of piperidine rings is 1. The minimum Gasteiger partial charge on any atom is -0.489 e. The molecule has 2 aliphatic rings. The highest BCUT2D eigenvalue weighted by molar-refractivity contribution is 5.92. The molecule has 3 aromatic rings. The molecule has 166 valence electrons. The molecule has 1 aliphatic carbocycles. The number of allylic oxidation sites excluding steroid dienone is 2. The van der Waals surface area contributed by atoms with Crippen LogP contribution in [0.1, 0.15) is 46.9 Å². The zero-order valence-corrected chi connectivity index (χ0v) is 18.7. The van der Waals surface area contributed by atoms with Crippen molar-refractivity contribution in [2.45, 2.75) is 38.2 Å². The highest BCUT2D eigenvalue weighted by Gasteiger charge is 2.42. The Morgan fingerprint density at radius 2 is 1.61 bits per heavy atom. The Labute approximate surface area is 194 Å². The summed E-state index contributed by atoms with van der Waals surface area (Å²) in [5.74, 6) is 0.231. The van der Waals surface area contributed by atoms with Gasteiger partial charge in [0.25, 0.3) is 0 Å². The van der Waals surface area contributed by atoms with Gasteiger partial charge < -0.3 is 10.1 Å². The molecule has 0 saturated carbocycles. The number of Topliss-reactive ketones (excluding diaryl/α,β-unsaturated/α-hetero) is 1. The van der Waals surface area contributed by atoms with E-state index in [9.17, 15) is 9.59 Å². The number of fused-ring (bicyclic) bond motifs is 1. The first-order valence-corrected chi connectivity index (χ1v) is 11.4. The van der Waals surface area contributed by atoms with E-state index in [1.54, 1.807) is 0 Å². The monoisotopic (exact) mass is 437 g/mol. The molecule has 5 rings (SSSR count). The minimum absolute atomic E-state index is 0.0204. The van der Waals surface area contributed by atoms with Crippen LogP contribution in [0.4, 0.5) is 0 Å². The zero-order valence-electron chi connectivity index (χ0n) is 18.7. The van der Waals surface area contributed by atoms with Gasteiger partial charge in [-0.25, -0.2) is 0 Å². The third-order valence-electron chi connectivity index (χ3n) is 6.64. The summed E-state index contributed by atoms with van der Waals surface area (Å²) in [6.45, 7) is 2.49. The van der Waals surface area contributed by atoms with Crippen LogP contribution >= 0.6 is 0 Å². The van der Waals surface area contributed by atoms with Gasteiger partial charge in [0, 0.05) is 30.4 Å². The fraction of sp³-hybridized carbons (Fsp3) is 0.241. The second-order valence-corrected chi connectivity index (χ2v) is 8.96. The van der Waals surface area contributed by atoms with Crippen LogP contribution in [0.2, 0.25) is 0 Å². The van der Waals surface area contributed by atoms with Crippen molar-refractivity contribution in [2.24, 2.45) is 5.92 Å². The van der Waals surface area contributed by atoms with Crippen LogP contribution in [-0.2, 0) is 16.2 Å². The first-order valence-electron chi connectivity index (χ1n) is 11.4. The van der Waals surface area contributed by atoms with Gasteiger partial charge in [-0.15, -0.1) is 0 Å². The average Bonchev–Trinajstić information content (AvgIpc) is 2.83. The van der Waals surface area contributed by atoms with Crippen molar-refractivity contribution in [1.29, 1.82) is 0 Å². The summed E-state index contributed by atoms with van der Waals surface area (Å²) < 4.78 is 6.17. The summed E-state index contributed by atoms with van der Waals surface area (Å²) in [6, 6.07) is 26.0. The van der Waals surface area contributed by atoms with Crippen molar-refractivity contribution in [3.63, 3.8) is 0 Å². The van der Waals surface area contributed by atoms with Crippen LogP contribution in [0.15, 0.2) is 90.6 Å². The average molecular weight is 438 g/mol. The topological polar surface area (TPSA) is 55.4 Å². The fourth-order valence-electron chi connectivity index (χ4n) is 4.96. The highest BCUT2D eigenvalue weighted by atomic mass is 16.5. The molecule has 3 aromatic carbocycles. The lowest BCUT2D eigenvalue weighted by Crippen LogP contribution is -2.43. The number of hydrogen-bond donors (Lipinski definition) is 1. The van der Waals surface area contributed by atoms with Gasteiger partial charge in [0.2, 0.25) is 5.91 Å². The number of carbonyl (C=O) groups excluding carboxylic acids is 2. The van der Waals surface area contributed by atoms with Crippen molar-refractivity contribution in [3.05, 3.63) is 113 Å². The lowest BCUT2D eigenvalue weighted by Gasteiger charge is -2.37. The second-order valence-electron chi connectivity index (χ2n) is 8.96. The molecule has 1 fully saturated rings. The molecule has 0 unspecified atom stereocenters. The van der Waals surface area contributed by atoms with Crippen molar-refractivity contribution in [1.82, 2.24) is 5.32 Å². The molecule has 1 N–H and O–H groups in total. The predicted molar refractivity (Wildman–Crippen MR) is 128 cm³/mol. The Kier molecular flexibility index (Phi) is 5.82. The third-order valence-corrected chi connectivity index (χ3v) is 6.64. The number of hydrogen-bond acceptors (Lipinski definition) is 3. The molecular weight excluding hydrogens is 410 g/mol. The van der Waals surface area contributed by atoms with Crippen LogP contribution in [0.3, 0.4) is 0 Å². The highest BCUT2D eigenvalue weighted by Crippen LogP contribution is 2.45. The van der Waals surface area contributed by atoms with Crippen molar-refractivity contribution < 1.29 is 14.3 Å². The summed E-state index contributed by atoms with van der Waals surface area (Å²) >= 11 is 0. The van der Waals surface area contributed by atoms with Crippen molar-refractivity contribution in [2.75, 3.05) is 0 Å². The van der Waals surface area contributed by atoms with E-state index in [0.717, 1.165) is 28.1 Å². The van der Waals surface area contributed by atoms with Gasteiger partial charge in [0.15, 0.2) is 0 Å². The molecule has 4 heteroatoms. The summed E-state index contributed by atoms with van der Waals surface area (Å²) in [7, 11) is 0. The molecule has 1 aliphatic heterocycles. The van der Waals surface area contributed by atoms with Crippen LogP contribution in [0.5, 0.6) is 5.75 Å². The van der Waals surface area contributed by atoms with Gasteiger partial charge in [-0.05, 0) is 29.7 Å². The number of aryl methyl sites for hydroxylation is 1. The quantitative estimate of drug-likeness (QED) is 0.579. The maximum absolute atomic E-state index is 13.4. The van der Waals surface area contributed by atoms with Crippen LogP contribution in [0, 0.1) is 12.8 Å². The van der Waals surface area contributed by atoms with E-state index in [2.05, 4.69) is 35.7 Å². The Balaban J connectivity index is 1.45. The van der Waals surface area contributed by atoms with Crippen LogP contribution in [0.25, 0.3) is 0 Å². The van der Waals surface area contributed by atoms with E-state index in [0.29, 0.717) is 13.0 Å². The summed E-state index contributed by atoms with van der Waals surface area (Å²) in [6.07, 6.45) is 2.79. The molecular formula is C29H27NO3. The molecule has 0 aromatic heterocycles. The number of benzene rings is 3. The van der Waals surface area contributed by atoms with E-state index in [1.807, 2.05) is 61.5 Å². The summed E-state index contributed by atoms with van der Waals surface area (Å²) in [5, 5.41) is 3.00. The molecule has 1 amide bonds. The van der Waals surface area contributed by atoms with Gasteiger partial charge in [-0.3, -0.25) is 9.59 Å². The molecule has 3 atom stereocenters. The zero-order chi connectivity index (χ0) is 22.8. The number of nitrogens with one attached hydrogen (secondary N) is 1. The number of ether oxygens (including phenoxy) is 1. The Bertz CT molecular complexity index is 1200. The van der Waals surface area contributed by atoms with Crippen LogP contribution < -0.4 is 10.1 Å². The Hall–Kier alpha value is -3.66. The molecule has 0 spiro atoms. The van der Waals surface area contributed by atoms with E-state index >= 15 is 0 Å². The van der Waals surface area contributed by atoms with Crippen LogP contribution in [-0.4, -0.2) is 11.7 Å². The maximum Gasteiger partial charge on any atom is 0.224 e. The first-order chi connectivity index (χ1) is 16.1. The lowest BCUT2D eigenvalue weighted by molar-refractivity contribution is -0.127.